The molecule has 3 amide bonds. The van der Waals surface area contributed by atoms with Gasteiger partial charge in [0.25, 0.3) is 0 Å². The number of carbonyl (C=O) groups is 3. The Morgan fingerprint density at radius 2 is 1.70 bits per heavy atom. The highest BCUT2D eigenvalue weighted by Gasteiger charge is 2.37. The second-order valence-electron chi connectivity index (χ2n) is 14.2. The van der Waals surface area contributed by atoms with Crippen LogP contribution in [-0.4, -0.2) is 97.3 Å². The van der Waals surface area contributed by atoms with Gasteiger partial charge in [-0.05, 0) is 73.9 Å². The van der Waals surface area contributed by atoms with Crippen molar-refractivity contribution in [1.82, 2.24) is 34.9 Å². The van der Waals surface area contributed by atoms with Crippen molar-refractivity contribution in [1.29, 1.82) is 0 Å². The van der Waals surface area contributed by atoms with E-state index in [1.165, 1.54) is 5.56 Å². The zero-order valence-electron chi connectivity index (χ0n) is 29.1. The van der Waals surface area contributed by atoms with Crippen molar-refractivity contribution >= 4 is 40.1 Å². The molecule has 53 heavy (non-hydrogen) atoms. The largest absolute Gasteiger partial charge is 0.507 e. The van der Waals surface area contributed by atoms with Gasteiger partial charge in [-0.15, -0.1) is 10.2 Å². The molecule has 0 bridgehead atoms. The molecule has 6 heterocycles. The minimum atomic E-state index is -0.372. The number of hydrogen-bond acceptors (Lipinski definition) is 11. The lowest BCUT2D eigenvalue weighted by Crippen LogP contribution is -2.54. The Morgan fingerprint density at radius 1 is 0.868 bits per heavy atom. The maximum atomic E-state index is 13.5. The van der Waals surface area contributed by atoms with Crippen LogP contribution in [-0.2, 0) is 14.4 Å². The van der Waals surface area contributed by atoms with Gasteiger partial charge < -0.3 is 19.6 Å². The molecule has 2 saturated heterocycles. The van der Waals surface area contributed by atoms with Gasteiger partial charge in [0.05, 0.1) is 48.1 Å². The third-order valence-electron chi connectivity index (χ3n) is 11.2. The average Bonchev–Trinajstić information content (AvgIpc) is 3.61. The van der Waals surface area contributed by atoms with Gasteiger partial charge in [-0.1, -0.05) is 24.3 Å². The summed E-state index contributed by atoms with van der Waals surface area (Å²) in [4.78, 5) is 53.4. The van der Waals surface area contributed by atoms with Crippen molar-refractivity contribution in [3.8, 4) is 28.7 Å². The maximum Gasteiger partial charge on any atom is 0.249 e. The number of piperazine rings is 1. The van der Waals surface area contributed by atoms with Crippen LogP contribution in [0.3, 0.4) is 0 Å². The molecule has 14 heteroatoms. The molecule has 2 aromatic carbocycles. The zero-order valence-corrected chi connectivity index (χ0v) is 29.1. The molecule has 1 atom stereocenters. The minimum absolute atomic E-state index is 0.0304. The molecule has 5 aromatic rings. The minimum Gasteiger partial charge on any atom is -0.507 e. The van der Waals surface area contributed by atoms with Crippen molar-refractivity contribution in [2.45, 2.75) is 56.5 Å². The predicted molar refractivity (Wildman–Crippen MR) is 196 cm³/mol. The van der Waals surface area contributed by atoms with Crippen LogP contribution in [0, 0.1) is 0 Å². The van der Waals surface area contributed by atoms with Gasteiger partial charge in [0.15, 0.2) is 0 Å². The summed E-state index contributed by atoms with van der Waals surface area (Å²) in [5.74, 6) is 1.34. The Bertz CT molecular complexity index is 2210. The highest BCUT2D eigenvalue weighted by atomic mass is 16.5. The van der Waals surface area contributed by atoms with E-state index in [1.54, 1.807) is 35.5 Å². The summed E-state index contributed by atoms with van der Waals surface area (Å²) in [6.45, 7) is 2.77. The predicted octanol–water partition coefficient (Wildman–Crippen LogP) is 3.96. The molecule has 4 aliphatic rings. The summed E-state index contributed by atoms with van der Waals surface area (Å²) in [7, 11) is 0. The SMILES string of the molecule is O=C1CCC(N2CCOc3c(C4CCC(N5CCN(c6cnc(-n7ccc8nnc(-c9ccccc9O)cc87)nc6)C(=O)C5)CC4)cccc32)C(=O)N1. The van der Waals surface area contributed by atoms with E-state index in [1.807, 2.05) is 41.1 Å². The number of amides is 3. The Morgan fingerprint density at radius 3 is 2.49 bits per heavy atom. The molecule has 1 saturated carbocycles. The Hall–Kier alpha value is -5.89. The summed E-state index contributed by atoms with van der Waals surface area (Å²) in [6, 6.07) is 16.8. The van der Waals surface area contributed by atoms with Gasteiger partial charge in [-0.2, -0.15) is 0 Å². The van der Waals surface area contributed by atoms with Crippen LogP contribution in [0.4, 0.5) is 11.4 Å². The third kappa shape index (κ3) is 6.12. The number of phenolic OH excluding ortho intramolecular Hbond substituents is 1. The molecule has 1 unspecified atom stereocenters. The fourth-order valence-electron chi connectivity index (χ4n) is 8.45. The summed E-state index contributed by atoms with van der Waals surface area (Å²) < 4.78 is 8.06. The van der Waals surface area contributed by atoms with Crippen LogP contribution < -0.4 is 19.9 Å². The van der Waals surface area contributed by atoms with Gasteiger partial charge in [-0.3, -0.25) is 29.2 Å². The van der Waals surface area contributed by atoms with E-state index < -0.39 is 0 Å². The van der Waals surface area contributed by atoms with E-state index in [0.717, 1.165) is 49.2 Å². The Balaban J connectivity index is 0.836. The fraction of sp³-hybridized carbons (Fsp3) is 0.359. The fourth-order valence-corrected chi connectivity index (χ4v) is 8.45. The van der Waals surface area contributed by atoms with Gasteiger partial charge in [0, 0.05) is 37.3 Å². The van der Waals surface area contributed by atoms with Crippen molar-refractivity contribution in [2.24, 2.45) is 0 Å². The van der Waals surface area contributed by atoms with E-state index in [0.29, 0.717) is 79.5 Å². The number of benzene rings is 2. The van der Waals surface area contributed by atoms with Crippen LogP contribution in [0.25, 0.3) is 28.2 Å². The Labute approximate surface area is 305 Å². The molecule has 2 N–H and O–H groups in total. The smallest absolute Gasteiger partial charge is 0.249 e. The summed E-state index contributed by atoms with van der Waals surface area (Å²) in [5, 5.41) is 21.4. The molecule has 14 nitrogen and oxygen atoms in total. The number of hydrogen-bond donors (Lipinski definition) is 2. The monoisotopic (exact) mass is 713 g/mol. The first-order chi connectivity index (χ1) is 25.9. The van der Waals surface area contributed by atoms with Crippen molar-refractivity contribution in [3.05, 3.63) is 78.8 Å². The highest BCUT2D eigenvalue weighted by molar-refractivity contribution is 6.02. The second-order valence-corrected chi connectivity index (χ2v) is 14.2. The summed E-state index contributed by atoms with van der Waals surface area (Å²) in [6.07, 6.45) is 10.0. The van der Waals surface area contributed by atoms with Crippen molar-refractivity contribution < 1.29 is 24.2 Å². The number of phenols is 1. The molecule has 270 valence electrons. The molecule has 1 aliphatic carbocycles. The normalized spacial score (nSPS) is 22.4. The number of aromatic hydroxyl groups is 1. The molecule has 0 spiro atoms. The summed E-state index contributed by atoms with van der Waals surface area (Å²) in [5.41, 5.74) is 5.31. The van der Waals surface area contributed by atoms with E-state index in [9.17, 15) is 19.5 Å². The number of carbonyl (C=O) groups excluding carboxylic acids is 3. The molecule has 3 aliphatic heterocycles. The number of nitrogens with one attached hydrogen (secondary N) is 1. The number of rotatable bonds is 6. The molecule has 3 aromatic heterocycles. The average molecular weight is 714 g/mol. The van der Waals surface area contributed by atoms with Crippen LogP contribution in [0.2, 0.25) is 0 Å². The Kier molecular flexibility index (Phi) is 8.45. The molecule has 0 radical (unpaired) electrons. The lowest BCUT2D eigenvalue weighted by atomic mass is 9.80. The number of aromatic nitrogens is 5. The zero-order chi connectivity index (χ0) is 36.1. The topological polar surface area (TPSA) is 159 Å². The summed E-state index contributed by atoms with van der Waals surface area (Å²) >= 11 is 0. The third-order valence-corrected chi connectivity index (χ3v) is 11.2. The van der Waals surface area contributed by atoms with Crippen molar-refractivity contribution in [2.75, 3.05) is 42.6 Å². The number of nitrogens with zero attached hydrogens (tertiary/aromatic N) is 8. The van der Waals surface area contributed by atoms with E-state index in [2.05, 4.69) is 41.3 Å². The number of para-hydroxylation sites is 2. The van der Waals surface area contributed by atoms with Crippen LogP contribution >= 0.6 is 0 Å². The van der Waals surface area contributed by atoms with Crippen molar-refractivity contribution in [3.63, 3.8) is 0 Å². The number of fused-ring (bicyclic) bond motifs is 2. The number of anilines is 2. The molecule has 9 rings (SSSR count). The number of imide groups is 1. The standard InChI is InChI=1S/C39H39N9O5/c49-34-7-2-1-4-28(34)30-20-33-29(43-44-30)14-15-48(33)39-40-21-26(22-41-39)46-17-16-45(23-36(46)51)25-10-8-24(9-11-25)27-5-3-6-31-37(27)53-19-18-47(31)32-12-13-35(50)42-38(32)52/h1-7,14-15,20-22,24-25,32,49H,8-13,16-19,23H2,(H,42,50,52). The second kappa shape index (κ2) is 13.6. The number of piperidine rings is 1. The van der Waals surface area contributed by atoms with Gasteiger partial charge >= 0.3 is 0 Å². The molecular weight excluding hydrogens is 674 g/mol. The van der Waals surface area contributed by atoms with Gasteiger partial charge in [-0.25, -0.2) is 9.97 Å². The van der Waals surface area contributed by atoms with Crippen LogP contribution in [0.1, 0.15) is 50.0 Å². The lowest BCUT2D eigenvalue weighted by Gasteiger charge is -2.42. The quantitative estimate of drug-likeness (QED) is 0.246. The van der Waals surface area contributed by atoms with Crippen LogP contribution in [0.5, 0.6) is 11.5 Å². The lowest BCUT2D eigenvalue weighted by molar-refractivity contribution is -0.134. The first-order valence-electron chi connectivity index (χ1n) is 18.3. The van der Waals surface area contributed by atoms with E-state index in [-0.39, 0.29) is 29.5 Å². The molecule has 3 fully saturated rings. The van der Waals surface area contributed by atoms with Crippen LogP contribution in [0.15, 0.2) is 73.2 Å². The first kappa shape index (κ1) is 33.0. The first-order valence-corrected chi connectivity index (χ1v) is 18.3. The van der Waals surface area contributed by atoms with Gasteiger partial charge in [0.1, 0.15) is 29.7 Å². The molecular formula is C39H39N9O5. The van der Waals surface area contributed by atoms with Gasteiger partial charge in [0.2, 0.25) is 23.7 Å². The highest BCUT2D eigenvalue weighted by Crippen LogP contribution is 2.45. The van der Waals surface area contributed by atoms with E-state index >= 15 is 0 Å². The van der Waals surface area contributed by atoms with E-state index in [4.69, 9.17) is 4.74 Å². The number of ether oxygens (including phenoxy) is 1. The maximum absolute atomic E-state index is 13.5.